The van der Waals surface area contributed by atoms with Gasteiger partial charge in [0.15, 0.2) is 0 Å². The molecule has 0 heterocycles. The van der Waals surface area contributed by atoms with Gasteiger partial charge in [-0.05, 0) is 23.1 Å². The summed E-state index contributed by atoms with van der Waals surface area (Å²) in [7, 11) is -3.50. The van der Waals surface area contributed by atoms with Crippen LogP contribution in [-0.4, -0.2) is 25.8 Å². The van der Waals surface area contributed by atoms with Crippen molar-refractivity contribution in [2.75, 3.05) is 13.1 Å². The largest absolute Gasteiger partial charge is 0.243 e. The molecule has 0 atom stereocenters. The number of hydrogen-bond donors (Lipinski definition) is 0. The molecule has 1 aromatic rings. The molecule has 4 heteroatoms. The summed E-state index contributed by atoms with van der Waals surface area (Å²) in [6, 6.07) is 7.06. The minimum atomic E-state index is -3.50. The summed E-state index contributed by atoms with van der Waals surface area (Å²) < 4.78 is 26.4. The Labute approximate surface area is 122 Å². The highest BCUT2D eigenvalue weighted by molar-refractivity contribution is 7.89. The maximum atomic E-state index is 12.5. The van der Waals surface area contributed by atoms with Crippen LogP contribution in [-0.2, 0) is 15.4 Å². The van der Waals surface area contributed by atoms with Gasteiger partial charge < -0.3 is 0 Å². The first-order valence-corrected chi connectivity index (χ1v) is 8.00. The zero-order chi connectivity index (χ0) is 15.4. The van der Waals surface area contributed by atoms with Crippen molar-refractivity contribution in [2.45, 2.75) is 31.1 Å². The van der Waals surface area contributed by atoms with E-state index in [-0.39, 0.29) is 18.5 Å². The van der Waals surface area contributed by atoms with Crippen LogP contribution in [0.4, 0.5) is 0 Å². The fourth-order valence-electron chi connectivity index (χ4n) is 1.83. The zero-order valence-corrected chi connectivity index (χ0v) is 13.3. The van der Waals surface area contributed by atoms with Crippen molar-refractivity contribution < 1.29 is 8.42 Å². The van der Waals surface area contributed by atoms with E-state index in [1.807, 2.05) is 12.1 Å². The lowest BCUT2D eigenvalue weighted by Crippen LogP contribution is -2.31. The van der Waals surface area contributed by atoms with Crippen molar-refractivity contribution in [1.29, 1.82) is 0 Å². The van der Waals surface area contributed by atoms with Crippen molar-refractivity contribution in [3.05, 3.63) is 55.1 Å². The molecule has 0 radical (unpaired) electrons. The first kappa shape index (κ1) is 16.7. The third-order valence-electron chi connectivity index (χ3n) is 3.02. The van der Waals surface area contributed by atoms with E-state index in [2.05, 4.69) is 33.9 Å². The van der Waals surface area contributed by atoms with Crippen molar-refractivity contribution in [3.8, 4) is 0 Å². The van der Waals surface area contributed by atoms with Gasteiger partial charge >= 0.3 is 0 Å². The summed E-state index contributed by atoms with van der Waals surface area (Å²) in [5, 5.41) is 0. The van der Waals surface area contributed by atoms with Crippen molar-refractivity contribution in [3.63, 3.8) is 0 Å². The third-order valence-corrected chi connectivity index (χ3v) is 4.87. The molecule has 110 valence electrons. The highest BCUT2D eigenvalue weighted by Gasteiger charge is 2.23. The number of rotatable bonds is 6. The second-order valence-corrected chi connectivity index (χ2v) is 7.61. The summed E-state index contributed by atoms with van der Waals surface area (Å²) in [5.41, 5.74) is 1.11. The van der Waals surface area contributed by atoms with Crippen LogP contribution in [0.5, 0.6) is 0 Å². The third kappa shape index (κ3) is 3.81. The Morgan fingerprint density at radius 3 is 1.85 bits per heavy atom. The van der Waals surface area contributed by atoms with Gasteiger partial charge in [-0.2, -0.15) is 4.31 Å². The van der Waals surface area contributed by atoms with Crippen LogP contribution in [0, 0.1) is 0 Å². The van der Waals surface area contributed by atoms with E-state index in [4.69, 9.17) is 0 Å². The summed E-state index contributed by atoms with van der Waals surface area (Å²) in [5.74, 6) is 0. The Balaban J connectivity index is 3.14. The Morgan fingerprint density at radius 1 is 1.05 bits per heavy atom. The molecule has 1 aromatic carbocycles. The molecule has 0 aliphatic carbocycles. The molecule has 20 heavy (non-hydrogen) atoms. The predicted molar refractivity (Wildman–Crippen MR) is 84.3 cm³/mol. The molecule has 0 N–H and O–H groups in total. The Morgan fingerprint density at radius 2 is 1.50 bits per heavy atom. The minimum Gasteiger partial charge on any atom is -0.207 e. The first-order chi connectivity index (χ1) is 9.23. The molecule has 0 spiro atoms. The highest BCUT2D eigenvalue weighted by Crippen LogP contribution is 2.24. The van der Waals surface area contributed by atoms with E-state index in [0.717, 1.165) is 5.56 Å². The van der Waals surface area contributed by atoms with Gasteiger partial charge in [0.25, 0.3) is 0 Å². The second-order valence-electron chi connectivity index (χ2n) is 5.67. The minimum absolute atomic E-state index is 0.00418. The summed E-state index contributed by atoms with van der Waals surface area (Å²) in [4.78, 5) is 0.300. The molecular weight excluding hydrogens is 270 g/mol. The summed E-state index contributed by atoms with van der Waals surface area (Å²) in [6.07, 6.45) is 3.15. The van der Waals surface area contributed by atoms with E-state index >= 15 is 0 Å². The van der Waals surface area contributed by atoms with Crippen LogP contribution in [0.2, 0.25) is 0 Å². The number of hydrogen-bond acceptors (Lipinski definition) is 2. The van der Waals surface area contributed by atoms with E-state index in [1.165, 1.54) is 4.31 Å². The highest BCUT2D eigenvalue weighted by atomic mass is 32.2. The monoisotopic (exact) mass is 293 g/mol. The Bertz CT molecular complexity index is 555. The van der Waals surface area contributed by atoms with Crippen LogP contribution in [0.3, 0.4) is 0 Å². The molecule has 1 rings (SSSR count). The molecule has 0 fully saturated rings. The summed E-state index contributed by atoms with van der Waals surface area (Å²) in [6.45, 7) is 14.0. The quantitative estimate of drug-likeness (QED) is 0.754. The van der Waals surface area contributed by atoms with Crippen LogP contribution >= 0.6 is 0 Å². The lowest BCUT2D eigenvalue weighted by Gasteiger charge is -2.21. The lowest BCUT2D eigenvalue weighted by atomic mass is 9.87. The van der Waals surface area contributed by atoms with Gasteiger partial charge in [0.2, 0.25) is 10.0 Å². The number of sulfonamides is 1. The smallest absolute Gasteiger partial charge is 0.207 e. The van der Waals surface area contributed by atoms with Gasteiger partial charge in [0.1, 0.15) is 0 Å². The Kier molecular flexibility index (Phi) is 5.31. The second kappa shape index (κ2) is 6.37. The standard InChI is InChI=1S/C16H23NO2S/c1-6-12-17(13-7-2)20(18,19)15-10-8-14(9-11-15)16(3,4)5/h6-11H,1-2,12-13H2,3-5H3. The van der Waals surface area contributed by atoms with Gasteiger partial charge in [-0.1, -0.05) is 45.1 Å². The normalized spacial score (nSPS) is 12.4. The van der Waals surface area contributed by atoms with E-state index in [9.17, 15) is 8.42 Å². The molecule has 0 saturated heterocycles. The zero-order valence-electron chi connectivity index (χ0n) is 12.5. The molecule has 0 aliphatic rings. The maximum absolute atomic E-state index is 12.5. The molecule has 0 saturated carbocycles. The molecular formula is C16H23NO2S. The van der Waals surface area contributed by atoms with Crippen LogP contribution < -0.4 is 0 Å². The average molecular weight is 293 g/mol. The molecule has 0 aliphatic heterocycles. The van der Waals surface area contributed by atoms with Crippen LogP contribution in [0.15, 0.2) is 54.5 Å². The average Bonchev–Trinajstić information content (AvgIpc) is 2.37. The van der Waals surface area contributed by atoms with Crippen molar-refractivity contribution >= 4 is 10.0 Å². The first-order valence-electron chi connectivity index (χ1n) is 6.56. The predicted octanol–water partition coefficient (Wildman–Crippen LogP) is 3.35. The molecule has 0 amide bonds. The van der Waals surface area contributed by atoms with Crippen molar-refractivity contribution in [1.82, 2.24) is 4.31 Å². The van der Waals surface area contributed by atoms with E-state index < -0.39 is 10.0 Å². The van der Waals surface area contributed by atoms with Crippen LogP contribution in [0.25, 0.3) is 0 Å². The van der Waals surface area contributed by atoms with Crippen molar-refractivity contribution in [2.24, 2.45) is 0 Å². The van der Waals surface area contributed by atoms with Gasteiger partial charge in [0.05, 0.1) is 4.90 Å². The fraction of sp³-hybridized carbons (Fsp3) is 0.375. The van der Waals surface area contributed by atoms with Gasteiger partial charge in [-0.3, -0.25) is 0 Å². The van der Waals surface area contributed by atoms with Gasteiger partial charge in [-0.15, -0.1) is 13.2 Å². The summed E-state index contributed by atoms with van der Waals surface area (Å²) >= 11 is 0. The number of nitrogens with zero attached hydrogens (tertiary/aromatic N) is 1. The molecule has 3 nitrogen and oxygen atoms in total. The molecule has 0 aromatic heterocycles. The van der Waals surface area contributed by atoms with Gasteiger partial charge in [-0.25, -0.2) is 8.42 Å². The van der Waals surface area contributed by atoms with Crippen LogP contribution in [0.1, 0.15) is 26.3 Å². The Hall–Kier alpha value is -1.39. The fourth-order valence-corrected chi connectivity index (χ4v) is 3.22. The van der Waals surface area contributed by atoms with E-state index in [1.54, 1.807) is 24.3 Å². The lowest BCUT2D eigenvalue weighted by molar-refractivity contribution is 0.474. The molecule has 0 unspecified atom stereocenters. The SMILES string of the molecule is C=CCN(CC=C)S(=O)(=O)c1ccc(C(C)(C)C)cc1. The van der Waals surface area contributed by atoms with E-state index in [0.29, 0.717) is 4.90 Å². The van der Waals surface area contributed by atoms with Gasteiger partial charge in [0, 0.05) is 13.1 Å². The molecule has 0 bridgehead atoms. The topological polar surface area (TPSA) is 37.4 Å². The number of benzene rings is 1. The maximum Gasteiger partial charge on any atom is 0.243 e.